The summed E-state index contributed by atoms with van der Waals surface area (Å²) in [4.78, 5) is 28.8. The number of carbonyl (C=O) groups excluding carboxylic acids is 1. The molecule has 0 aliphatic carbocycles. The van der Waals surface area contributed by atoms with Gasteiger partial charge in [-0.15, -0.1) is 5.10 Å². The van der Waals surface area contributed by atoms with Crippen LogP contribution in [0.3, 0.4) is 0 Å². The van der Waals surface area contributed by atoms with Gasteiger partial charge in [-0.3, -0.25) is 14.5 Å². The van der Waals surface area contributed by atoms with Gasteiger partial charge in [-0.2, -0.15) is 9.90 Å². The van der Waals surface area contributed by atoms with E-state index >= 15 is 0 Å². The first-order valence-electron chi connectivity index (χ1n) is 8.81. The number of nitrogens with zero attached hydrogens (tertiary/aromatic N) is 5. The highest BCUT2D eigenvalue weighted by Crippen LogP contribution is 2.18. The van der Waals surface area contributed by atoms with Gasteiger partial charge in [0.1, 0.15) is 0 Å². The van der Waals surface area contributed by atoms with Crippen LogP contribution in [-0.2, 0) is 4.79 Å². The van der Waals surface area contributed by atoms with Gasteiger partial charge in [0.25, 0.3) is 5.91 Å². The number of piperidine rings is 1. The molecular formula is C18H23N5O3. The summed E-state index contributed by atoms with van der Waals surface area (Å²) in [5, 5.41) is 17.5. The fourth-order valence-electron chi connectivity index (χ4n) is 3.32. The molecule has 2 aromatic rings. The van der Waals surface area contributed by atoms with E-state index in [0.717, 1.165) is 18.5 Å². The molecule has 1 saturated heterocycles. The fraction of sp³-hybridized carbons (Fsp3) is 0.444. The van der Waals surface area contributed by atoms with E-state index in [1.54, 1.807) is 4.90 Å². The molecule has 1 amide bonds. The number of likely N-dealkylation sites (N-methyl/N-ethyl adjacent to an activating group) is 1. The van der Waals surface area contributed by atoms with E-state index in [2.05, 4.69) is 10.2 Å². The molecule has 0 bridgehead atoms. The third kappa shape index (κ3) is 4.08. The van der Waals surface area contributed by atoms with E-state index in [0.29, 0.717) is 25.3 Å². The van der Waals surface area contributed by atoms with Crippen LogP contribution in [0.4, 0.5) is 0 Å². The summed E-state index contributed by atoms with van der Waals surface area (Å²) in [5.41, 5.74) is 1.13. The molecule has 1 aromatic carbocycles. The van der Waals surface area contributed by atoms with Gasteiger partial charge in [-0.1, -0.05) is 25.1 Å². The number of para-hydroxylation sites is 1. The summed E-state index contributed by atoms with van der Waals surface area (Å²) in [7, 11) is 0. The topological polar surface area (TPSA) is 91.6 Å². The van der Waals surface area contributed by atoms with Crippen molar-refractivity contribution in [3.05, 3.63) is 42.2 Å². The van der Waals surface area contributed by atoms with Crippen LogP contribution >= 0.6 is 0 Å². The second kappa shape index (κ2) is 8.09. The third-order valence-electron chi connectivity index (χ3n) is 4.71. The number of carboxylic acid groups (broad SMARTS) is 1. The summed E-state index contributed by atoms with van der Waals surface area (Å²) in [5.74, 6) is -0.949. The van der Waals surface area contributed by atoms with Crippen molar-refractivity contribution >= 4 is 11.9 Å². The Labute approximate surface area is 152 Å². The Morgan fingerprint density at radius 1 is 1.23 bits per heavy atom. The zero-order chi connectivity index (χ0) is 18.5. The molecule has 1 aliphatic heterocycles. The number of aliphatic carboxylic acids is 1. The van der Waals surface area contributed by atoms with Crippen LogP contribution in [0.1, 0.15) is 30.3 Å². The number of rotatable bonds is 6. The Kier molecular flexibility index (Phi) is 5.62. The Bertz CT molecular complexity index is 753. The molecule has 1 N–H and O–H groups in total. The SMILES string of the molecule is CCN(CC(=O)O)C1CCN(C(=O)c2cnn(-c3ccccc3)n2)CC1. The molecule has 0 spiro atoms. The smallest absolute Gasteiger partial charge is 0.317 e. The van der Waals surface area contributed by atoms with E-state index < -0.39 is 5.97 Å². The molecule has 2 heterocycles. The van der Waals surface area contributed by atoms with Crippen LogP contribution in [0.25, 0.3) is 5.69 Å². The van der Waals surface area contributed by atoms with E-state index in [1.165, 1.54) is 11.0 Å². The van der Waals surface area contributed by atoms with Crippen molar-refractivity contribution in [2.24, 2.45) is 0 Å². The number of hydrogen-bond acceptors (Lipinski definition) is 5. The average molecular weight is 357 g/mol. The van der Waals surface area contributed by atoms with Crippen molar-refractivity contribution in [3.8, 4) is 5.69 Å². The molecule has 0 unspecified atom stereocenters. The van der Waals surface area contributed by atoms with Crippen LogP contribution in [0.2, 0.25) is 0 Å². The molecule has 3 rings (SSSR count). The van der Waals surface area contributed by atoms with Crippen molar-refractivity contribution in [1.82, 2.24) is 24.8 Å². The van der Waals surface area contributed by atoms with E-state index in [4.69, 9.17) is 5.11 Å². The van der Waals surface area contributed by atoms with Gasteiger partial charge in [0.2, 0.25) is 0 Å². The summed E-state index contributed by atoms with van der Waals surface area (Å²) in [6.07, 6.45) is 3.02. The maximum Gasteiger partial charge on any atom is 0.317 e. The highest BCUT2D eigenvalue weighted by molar-refractivity contribution is 5.92. The van der Waals surface area contributed by atoms with E-state index in [1.807, 2.05) is 42.2 Å². The predicted molar refractivity (Wildman–Crippen MR) is 95.2 cm³/mol. The predicted octanol–water partition coefficient (Wildman–Crippen LogP) is 1.28. The largest absolute Gasteiger partial charge is 0.480 e. The van der Waals surface area contributed by atoms with Crippen molar-refractivity contribution in [1.29, 1.82) is 0 Å². The first-order valence-corrected chi connectivity index (χ1v) is 8.81. The maximum absolute atomic E-state index is 12.7. The van der Waals surface area contributed by atoms with Crippen LogP contribution in [-0.4, -0.2) is 74.0 Å². The Morgan fingerprint density at radius 2 is 1.92 bits per heavy atom. The summed E-state index contributed by atoms with van der Waals surface area (Å²) < 4.78 is 0. The van der Waals surface area contributed by atoms with Crippen LogP contribution < -0.4 is 0 Å². The van der Waals surface area contributed by atoms with Crippen molar-refractivity contribution in [2.45, 2.75) is 25.8 Å². The maximum atomic E-state index is 12.7. The minimum absolute atomic E-state index is 0.0422. The van der Waals surface area contributed by atoms with Gasteiger partial charge >= 0.3 is 5.97 Å². The molecule has 0 radical (unpaired) electrons. The second-order valence-electron chi connectivity index (χ2n) is 6.34. The number of amides is 1. The first kappa shape index (κ1) is 18.1. The molecule has 0 saturated carbocycles. The minimum atomic E-state index is -0.817. The summed E-state index contributed by atoms with van der Waals surface area (Å²) in [6.45, 7) is 3.88. The Hall–Kier alpha value is -2.74. The Morgan fingerprint density at radius 3 is 2.54 bits per heavy atom. The number of benzene rings is 1. The molecule has 138 valence electrons. The van der Waals surface area contributed by atoms with Crippen LogP contribution in [0, 0.1) is 0 Å². The lowest BCUT2D eigenvalue weighted by Crippen LogP contribution is -2.48. The minimum Gasteiger partial charge on any atom is -0.480 e. The summed E-state index contributed by atoms with van der Waals surface area (Å²) in [6, 6.07) is 9.64. The highest BCUT2D eigenvalue weighted by Gasteiger charge is 2.28. The lowest BCUT2D eigenvalue weighted by Gasteiger charge is -2.37. The molecule has 8 heteroatoms. The molecule has 1 aromatic heterocycles. The molecule has 1 aliphatic rings. The van der Waals surface area contributed by atoms with E-state index in [9.17, 15) is 9.59 Å². The van der Waals surface area contributed by atoms with Crippen molar-refractivity contribution in [2.75, 3.05) is 26.2 Å². The van der Waals surface area contributed by atoms with Crippen LogP contribution in [0.5, 0.6) is 0 Å². The molecule has 26 heavy (non-hydrogen) atoms. The van der Waals surface area contributed by atoms with Gasteiger partial charge < -0.3 is 10.0 Å². The number of likely N-dealkylation sites (tertiary alicyclic amines) is 1. The lowest BCUT2D eigenvalue weighted by atomic mass is 10.0. The molecule has 1 fully saturated rings. The van der Waals surface area contributed by atoms with Gasteiger partial charge in [0.15, 0.2) is 5.69 Å². The van der Waals surface area contributed by atoms with Gasteiger partial charge in [0.05, 0.1) is 18.4 Å². The monoisotopic (exact) mass is 357 g/mol. The Balaban J connectivity index is 1.60. The van der Waals surface area contributed by atoms with Crippen molar-refractivity contribution in [3.63, 3.8) is 0 Å². The summed E-state index contributed by atoms with van der Waals surface area (Å²) >= 11 is 0. The number of hydrogen-bond donors (Lipinski definition) is 1. The highest BCUT2D eigenvalue weighted by atomic mass is 16.4. The third-order valence-corrected chi connectivity index (χ3v) is 4.71. The zero-order valence-corrected chi connectivity index (χ0v) is 14.8. The van der Waals surface area contributed by atoms with Gasteiger partial charge in [-0.05, 0) is 31.5 Å². The lowest BCUT2D eigenvalue weighted by molar-refractivity contribution is -0.139. The number of aromatic nitrogens is 3. The van der Waals surface area contributed by atoms with Crippen molar-refractivity contribution < 1.29 is 14.7 Å². The first-order chi connectivity index (χ1) is 12.6. The normalized spacial score (nSPS) is 15.4. The average Bonchev–Trinajstić information content (AvgIpc) is 3.16. The zero-order valence-electron chi connectivity index (χ0n) is 14.8. The number of carbonyl (C=O) groups is 2. The quantitative estimate of drug-likeness (QED) is 0.837. The van der Waals surface area contributed by atoms with Gasteiger partial charge in [0, 0.05) is 19.1 Å². The standard InChI is InChI=1S/C18H23N5O3/c1-2-21(13-17(24)25)14-8-10-22(11-9-14)18(26)16-12-19-23(20-16)15-6-4-3-5-7-15/h3-7,12,14H,2,8-11,13H2,1H3,(H,24,25). The second-order valence-corrected chi connectivity index (χ2v) is 6.34. The number of carboxylic acids is 1. The van der Waals surface area contributed by atoms with Crippen LogP contribution in [0.15, 0.2) is 36.5 Å². The van der Waals surface area contributed by atoms with E-state index in [-0.39, 0.29) is 18.5 Å². The molecule has 8 nitrogen and oxygen atoms in total. The van der Waals surface area contributed by atoms with Gasteiger partial charge in [-0.25, -0.2) is 0 Å². The molecule has 0 atom stereocenters. The fourth-order valence-corrected chi connectivity index (χ4v) is 3.32. The molecular weight excluding hydrogens is 334 g/mol.